The van der Waals surface area contributed by atoms with Crippen LogP contribution in [-0.4, -0.2) is 22.2 Å². The van der Waals surface area contributed by atoms with Gasteiger partial charge in [0.1, 0.15) is 0 Å². The molecule has 4 aliphatic rings. The summed E-state index contributed by atoms with van der Waals surface area (Å²) in [6, 6.07) is 0. The lowest BCUT2D eigenvalue weighted by molar-refractivity contribution is -0.145. The van der Waals surface area contributed by atoms with Crippen LogP contribution in [0.15, 0.2) is 0 Å². The molecule has 0 bridgehead atoms. The topological polar surface area (TPSA) is 74.6 Å². The van der Waals surface area contributed by atoms with Crippen LogP contribution in [-0.2, 0) is 9.59 Å². The Morgan fingerprint density at radius 3 is 1.19 bits per heavy atom. The van der Waals surface area contributed by atoms with E-state index < -0.39 is 11.9 Å². The molecule has 0 aromatic heterocycles. The Kier molecular flexibility index (Phi) is 6.99. The van der Waals surface area contributed by atoms with E-state index in [9.17, 15) is 9.59 Å². The van der Waals surface area contributed by atoms with Crippen molar-refractivity contribution in [2.45, 2.75) is 89.9 Å². The monoisotopic (exact) mass is 364 g/mol. The van der Waals surface area contributed by atoms with Crippen LogP contribution >= 0.6 is 0 Å². The Hall–Kier alpha value is -1.06. The normalized spacial score (nSPS) is 39.5. The van der Waals surface area contributed by atoms with Gasteiger partial charge in [0, 0.05) is 0 Å². The van der Waals surface area contributed by atoms with Gasteiger partial charge in [-0.3, -0.25) is 9.59 Å². The lowest BCUT2D eigenvalue weighted by Crippen LogP contribution is -2.31. The Bertz CT molecular complexity index is 445. The van der Waals surface area contributed by atoms with E-state index in [1.165, 1.54) is 64.2 Å². The van der Waals surface area contributed by atoms with Crippen molar-refractivity contribution in [1.82, 2.24) is 0 Å². The molecular formula is C22H36O4. The number of carboxylic acids is 2. The average molecular weight is 365 g/mol. The largest absolute Gasteiger partial charge is 0.481 e. The number of rotatable bonds is 2. The molecule has 4 rings (SSSR count). The van der Waals surface area contributed by atoms with Gasteiger partial charge in [-0.15, -0.1) is 0 Å². The van der Waals surface area contributed by atoms with Crippen molar-refractivity contribution in [1.29, 1.82) is 0 Å². The predicted molar refractivity (Wildman–Crippen MR) is 101 cm³/mol. The molecule has 0 heterocycles. The molecule has 0 unspecified atom stereocenters. The van der Waals surface area contributed by atoms with Gasteiger partial charge in [0.15, 0.2) is 0 Å². The summed E-state index contributed by atoms with van der Waals surface area (Å²) in [5.74, 6) is 2.02. The fraction of sp³-hybridized carbons (Fsp3) is 0.909. The summed E-state index contributed by atoms with van der Waals surface area (Å²) >= 11 is 0. The molecule has 26 heavy (non-hydrogen) atoms. The molecule has 4 saturated carbocycles. The number of hydrogen-bond acceptors (Lipinski definition) is 2. The van der Waals surface area contributed by atoms with Crippen LogP contribution in [0.3, 0.4) is 0 Å². The first-order valence-electron chi connectivity index (χ1n) is 11.0. The molecule has 4 fully saturated rings. The molecule has 0 saturated heterocycles. The van der Waals surface area contributed by atoms with Gasteiger partial charge in [-0.25, -0.2) is 0 Å². The molecule has 4 nitrogen and oxygen atoms in total. The number of carboxylic acid groups (broad SMARTS) is 2. The SMILES string of the molecule is O=C(O)[C@@H]1CC[C@@H]2CCCC[C@@H]2C1.O=C(O)[C@@H]1CC[C@H]2CCCC[C@H]2C1. The maximum absolute atomic E-state index is 10.8. The third-order valence-electron chi connectivity index (χ3n) is 7.78. The molecule has 0 aromatic carbocycles. The van der Waals surface area contributed by atoms with E-state index in [0.717, 1.165) is 49.4 Å². The molecule has 6 atom stereocenters. The van der Waals surface area contributed by atoms with Crippen molar-refractivity contribution in [3.8, 4) is 0 Å². The molecule has 0 amide bonds. The summed E-state index contributed by atoms with van der Waals surface area (Å²) in [5.41, 5.74) is 0. The van der Waals surface area contributed by atoms with Gasteiger partial charge in [-0.1, -0.05) is 51.4 Å². The highest BCUT2D eigenvalue weighted by Gasteiger charge is 2.35. The lowest BCUT2D eigenvalue weighted by atomic mass is 9.67. The van der Waals surface area contributed by atoms with Gasteiger partial charge in [0.2, 0.25) is 0 Å². The molecule has 4 heteroatoms. The molecule has 148 valence electrons. The standard InChI is InChI=1S/2C11H18O2/c2*12-11(13)10-6-5-8-3-1-2-4-9(8)7-10/h2*8-10H,1-7H2,(H,12,13)/t8-,9+,10+;8-,9+,10-/m01/s1. The lowest BCUT2D eigenvalue weighted by Gasteiger charge is -2.37. The molecule has 0 spiro atoms. The Balaban J connectivity index is 0.000000151. The fourth-order valence-corrected chi connectivity index (χ4v) is 6.20. The maximum Gasteiger partial charge on any atom is 0.306 e. The smallest absolute Gasteiger partial charge is 0.306 e. The molecule has 0 radical (unpaired) electrons. The first-order chi connectivity index (χ1) is 12.5. The van der Waals surface area contributed by atoms with Crippen LogP contribution in [0.2, 0.25) is 0 Å². The Morgan fingerprint density at radius 1 is 0.500 bits per heavy atom. The molecular weight excluding hydrogens is 328 g/mol. The van der Waals surface area contributed by atoms with E-state index in [1.54, 1.807) is 0 Å². The van der Waals surface area contributed by atoms with E-state index >= 15 is 0 Å². The second-order valence-corrected chi connectivity index (χ2v) is 9.31. The van der Waals surface area contributed by atoms with Crippen LogP contribution < -0.4 is 0 Å². The molecule has 4 aliphatic carbocycles. The predicted octanol–water partition coefficient (Wildman–Crippen LogP) is 5.36. The minimum atomic E-state index is -0.566. The zero-order valence-corrected chi connectivity index (χ0v) is 16.1. The van der Waals surface area contributed by atoms with Crippen molar-refractivity contribution in [2.24, 2.45) is 35.5 Å². The second-order valence-electron chi connectivity index (χ2n) is 9.31. The molecule has 0 aromatic rings. The van der Waals surface area contributed by atoms with E-state index in [0.29, 0.717) is 0 Å². The highest BCUT2D eigenvalue weighted by Crippen LogP contribution is 2.43. The Labute approximate surface area is 157 Å². The van der Waals surface area contributed by atoms with E-state index in [-0.39, 0.29) is 11.8 Å². The van der Waals surface area contributed by atoms with Crippen LogP contribution in [0.5, 0.6) is 0 Å². The first-order valence-corrected chi connectivity index (χ1v) is 11.0. The molecule has 0 aliphatic heterocycles. The van der Waals surface area contributed by atoms with E-state index in [2.05, 4.69) is 0 Å². The highest BCUT2D eigenvalue weighted by atomic mass is 16.4. The van der Waals surface area contributed by atoms with Crippen LogP contribution in [0, 0.1) is 35.5 Å². The Morgan fingerprint density at radius 2 is 0.846 bits per heavy atom. The third-order valence-corrected chi connectivity index (χ3v) is 7.78. The van der Waals surface area contributed by atoms with Crippen molar-refractivity contribution in [3.63, 3.8) is 0 Å². The molecule has 2 N–H and O–H groups in total. The average Bonchev–Trinajstić information content (AvgIpc) is 2.67. The van der Waals surface area contributed by atoms with E-state index in [1.807, 2.05) is 0 Å². The van der Waals surface area contributed by atoms with Crippen LogP contribution in [0.4, 0.5) is 0 Å². The van der Waals surface area contributed by atoms with Crippen LogP contribution in [0.25, 0.3) is 0 Å². The minimum Gasteiger partial charge on any atom is -0.481 e. The van der Waals surface area contributed by atoms with Gasteiger partial charge in [0.05, 0.1) is 11.8 Å². The summed E-state index contributed by atoms with van der Waals surface area (Å²) in [5, 5.41) is 17.9. The van der Waals surface area contributed by atoms with Crippen molar-refractivity contribution >= 4 is 11.9 Å². The van der Waals surface area contributed by atoms with Gasteiger partial charge in [0.25, 0.3) is 0 Å². The van der Waals surface area contributed by atoms with E-state index in [4.69, 9.17) is 10.2 Å². The summed E-state index contributed by atoms with van der Waals surface area (Å²) in [4.78, 5) is 21.7. The zero-order chi connectivity index (χ0) is 18.5. The van der Waals surface area contributed by atoms with Crippen molar-refractivity contribution in [3.05, 3.63) is 0 Å². The number of fused-ring (bicyclic) bond motifs is 2. The fourth-order valence-electron chi connectivity index (χ4n) is 6.20. The quantitative estimate of drug-likeness (QED) is 0.692. The number of carbonyl (C=O) groups is 2. The maximum atomic E-state index is 10.8. The zero-order valence-electron chi connectivity index (χ0n) is 16.1. The van der Waals surface area contributed by atoms with Gasteiger partial charge < -0.3 is 10.2 Å². The van der Waals surface area contributed by atoms with Crippen molar-refractivity contribution in [2.75, 3.05) is 0 Å². The summed E-state index contributed by atoms with van der Waals surface area (Å²) < 4.78 is 0. The summed E-state index contributed by atoms with van der Waals surface area (Å²) in [7, 11) is 0. The third kappa shape index (κ3) is 5.01. The van der Waals surface area contributed by atoms with Gasteiger partial charge in [-0.2, -0.15) is 0 Å². The first kappa shape index (κ1) is 19.7. The number of hydrogen-bond donors (Lipinski definition) is 2. The second kappa shape index (κ2) is 9.23. The summed E-state index contributed by atoms with van der Waals surface area (Å²) in [6.45, 7) is 0. The minimum absolute atomic E-state index is 0.0284. The van der Waals surface area contributed by atoms with Gasteiger partial charge in [-0.05, 0) is 62.2 Å². The van der Waals surface area contributed by atoms with Crippen molar-refractivity contribution < 1.29 is 19.8 Å². The highest BCUT2D eigenvalue weighted by molar-refractivity contribution is 5.70. The van der Waals surface area contributed by atoms with Gasteiger partial charge >= 0.3 is 11.9 Å². The number of aliphatic carboxylic acids is 2. The van der Waals surface area contributed by atoms with Crippen LogP contribution in [0.1, 0.15) is 89.9 Å². The summed E-state index contributed by atoms with van der Waals surface area (Å²) in [6.07, 6.45) is 16.8.